The van der Waals surface area contributed by atoms with Crippen molar-refractivity contribution in [3.63, 3.8) is 0 Å². The van der Waals surface area contributed by atoms with Gasteiger partial charge in [0.1, 0.15) is 11.6 Å². The molecular weight excluding hydrogens is 503 g/mol. The number of benzene rings is 2. The molecule has 4 aliphatic rings. The number of likely N-dealkylation sites (tertiary alicyclic amines) is 2. The molecule has 0 saturated carbocycles. The molecule has 0 amide bonds. The Morgan fingerprint density at radius 3 is 2.75 bits per heavy atom. The predicted molar refractivity (Wildman–Crippen MR) is 158 cm³/mol. The van der Waals surface area contributed by atoms with E-state index in [-0.39, 0.29) is 29.9 Å². The van der Waals surface area contributed by atoms with Gasteiger partial charge in [-0.05, 0) is 92.4 Å². The summed E-state index contributed by atoms with van der Waals surface area (Å²) >= 11 is 0. The summed E-state index contributed by atoms with van der Waals surface area (Å²) in [6.45, 7) is 8.36. The number of nitrogens with zero attached hydrogens (tertiary/aromatic N) is 2. The molecule has 6 rings (SSSR count). The van der Waals surface area contributed by atoms with Gasteiger partial charge < -0.3 is 20.5 Å². The van der Waals surface area contributed by atoms with Crippen molar-refractivity contribution in [2.24, 2.45) is 11.3 Å². The van der Waals surface area contributed by atoms with Gasteiger partial charge in [-0.25, -0.2) is 4.39 Å². The SMILES string of the molecule is CCCC1CCCNC1CN1CC2(CCN(Cc3cccc(F)c3)CC2)C2c3ccc(OC)cc3NC2[C@@H]1CO. The fraction of sp³-hybridized carbons (Fsp3) is 0.636. The van der Waals surface area contributed by atoms with Crippen LogP contribution >= 0.6 is 0 Å². The van der Waals surface area contributed by atoms with Gasteiger partial charge in [0.2, 0.25) is 0 Å². The molecule has 2 aromatic carbocycles. The maximum Gasteiger partial charge on any atom is 0.123 e. The van der Waals surface area contributed by atoms with Crippen LogP contribution in [0.15, 0.2) is 42.5 Å². The second-order valence-electron chi connectivity index (χ2n) is 12.8. The van der Waals surface area contributed by atoms with Crippen LogP contribution in [-0.2, 0) is 6.54 Å². The highest BCUT2D eigenvalue weighted by Gasteiger charge is 2.56. The highest BCUT2D eigenvalue weighted by molar-refractivity contribution is 5.64. The molecule has 0 aliphatic carbocycles. The predicted octanol–water partition coefficient (Wildman–Crippen LogP) is 4.84. The number of fused-ring (bicyclic) bond motifs is 4. The van der Waals surface area contributed by atoms with E-state index in [0.29, 0.717) is 17.9 Å². The van der Waals surface area contributed by atoms with Crippen LogP contribution < -0.4 is 15.4 Å². The van der Waals surface area contributed by atoms with Crippen LogP contribution in [-0.4, -0.2) is 79.5 Å². The molecule has 0 radical (unpaired) electrons. The maximum absolute atomic E-state index is 13.9. The normalized spacial score (nSPS) is 30.1. The minimum atomic E-state index is -0.159. The highest BCUT2D eigenvalue weighted by atomic mass is 19.1. The van der Waals surface area contributed by atoms with Gasteiger partial charge in [-0.3, -0.25) is 9.80 Å². The fourth-order valence-electron chi connectivity index (χ4n) is 8.54. The number of anilines is 1. The Labute approximate surface area is 239 Å². The first kappa shape index (κ1) is 28.0. The van der Waals surface area contributed by atoms with E-state index in [2.05, 4.69) is 45.6 Å². The maximum atomic E-state index is 13.9. The van der Waals surface area contributed by atoms with E-state index in [4.69, 9.17) is 4.74 Å². The first-order chi connectivity index (χ1) is 19.5. The number of hydrogen-bond donors (Lipinski definition) is 3. The third-order valence-corrected chi connectivity index (χ3v) is 10.5. The van der Waals surface area contributed by atoms with Gasteiger partial charge in [-0.15, -0.1) is 0 Å². The minimum Gasteiger partial charge on any atom is -0.497 e. The van der Waals surface area contributed by atoms with Crippen molar-refractivity contribution in [2.75, 3.05) is 51.8 Å². The van der Waals surface area contributed by atoms with Crippen molar-refractivity contribution in [3.05, 3.63) is 59.4 Å². The number of methoxy groups -OCH3 is 1. The van der Waals surface area contributed by atoms with Gasteiger partial charge in [0.25, 0.3) is 0 Å². The Morgan fingerprint density at radius 2 is 2.00 bits per heavy atom. The molecule has 5 atom stereocenters. The van der Waals surface area contributed by atoms with Crippen LogP contribution in [0.4, 0.5) is 10.1 Å². The number of rotatable bonds is 8. The third-order valence-electron chi connectivity index (χ3n) is 10.5. The lowest BCUT2D eigenvalue weighted by molar-refractivity contribution is -0.0481. The topological polar surface area (TPSA) is 60.0 Å². The molecule has 2 aromatic rings. The standard InChI is InChI=1S/C33H47FN4O2/c1-3-6-24-8-5-14-35-29(24)20-38-22-33(12-15-37(16-13-33)19-23-7-4-9-25(34)17-23)31-27-11-10-26(40-2)18-28(27)36-32(31)30(38)21-39/h4,7,9-11,17-18,24,29-32,35-36,39H,3,5-6,8,12-16,19-22H2,1-2H3/t24?,29?,30-,31?,32?/m0/s1. The highest BCUT2D eigenvalue weighted by Crippen LogP contribution is 2.56. The quantitative estimate of drug-likeness (QED) is 0.437. The zero-order valence-electron chi connectivity index (χ0n) is 24.2. The summed E-state index contributed by atoms with van der Waals surface area (Å²) in [5, 5.41) is 18.6. The molecular formula is C33H47FN4O2. The van der Waals surface area contributed by atoms with Crippen molar-refractivity contribution < 1.29 is 14.2 Å². The van der Waals surface area contributed by atoms with Gasteiger partial charge in [-0.2, -0.15) is 0 Å². The van der Waals surface area contributed by atoms with Crippen LogP contribution in [0.3, 0.4) is 0 Å². The average molecular weight is 551 g/mol. The second-order valence-corrected chi connectivity index (χ2v) is 12.8. The largest absolute Gasteiger partial charge is 0.497 e. The molecule has 1 spiro atoms. The molecule has 6 nitrogen and oxygen atoms in total. The molecule has 4 unspecified atom stereocenters. The smallest absolute Gasteiger partial charge is 0.123 e. The van der Waals surface area contributed by atoms with Crippen molar-refractivity contribution in [3.8, 4) is 5.75 Å². The number of piperidine rings is 3. The number of aliphatic hydroxyl groups excluding tert-OH is 1. The third kappa shape index (κ3) is 5.38. The molecule has 218 valence electrons. The summed E-state index contributed by atoms with van der Waals surface area (Å²) < 4.78 is 19.4. The molecule has 4 heterocycles. The van der Waals surface area contributed by atoms with E-state index in [1.165, 1.54) is 37.3 Å². The molecule has 40 heavy (non-hydrogen) atoms. The summed E-state index contributed by atoms with van der Waals surface area (Å²) in [5.74, 6) is 1.77. The summed E-state index contributed by atoms with van der Waals surface area (Å²) in [4.78, 5) is 5.14. The van der Waals surface area contributed by atoms with Crippen LogP contribution in [0, 0.1) is 17.2 Å². The van der Waals surface area contributed by atoms with Crippen LogP contribution in [0.1, 0.15) is 62.5 Å². The molecule has 3 N–H and O–H groups in total. The molecule has 3 saturated heterocycles. The minimum absolute atomic E-state index is 0.0744. The van der Waals surface area contributed by atoms with Crippen molar-refractivity contribution >= 4 is 5.69 Å². The zero-order valence-corrected chi connectivity index (χ0v) is 24.2. The lowest BCUT2D eigenvalue weighted by atomic mass is 9.60. The Kier molecular flexibility index (Phi) is 8.36. The number of halogens is 1. The van der Waals surface area contributed by atoms with E-state index < -0.39 is 0 Å². The van der Waals surface area contributed by atoms with E-state index in [1.54, 1.807) is 13.2 Å². The average Bonchev–Trinajstić information content (AvgIpc) is 3.35. The van der Waals surface area contributed by atoms with Gasteiger partial charge in [0.05, 0.1) is 25.8 Å². The molecule has 4 aliphatic heterocycles. The Hall–Kier alpha value is -2.19. The van der Waals surface area contributed by atoms with Crippen LogP contribution in [0.2, 0.25) is 0 Å². The summed E-state index contributed by atoms with van der Waals surface area (Å²) in [7, 11) is 1.72. The fourth-order valence-corrected chi connectivity index (χ4v) is 8.54. The molecule has 0 aromatic heterocycles. The van der Waals surface area contributed by atoms with Gasteiger partial charge in [0, 0.05) is 43.3 Å². The van der Waals surface area contributed by atoms with Crippen LogP contribution in [0.25, 0.3) is 0 Å². The van der Waals surface area contributed by atoms with Crippen molar-refractivity contribution in [1.29, 1.82) is 0 Å². The molecule has 0 bridgehead atoms. The molecule has 7 heteroatoms. The number of ether oxygens (including phenoxy) is 1. The van der Waals surface area contributed by atoms with Crippen LogP contribution in [0.5, 0.6) is 5.75 Å². The lowest BCUT2D eigenvalue weighted by Crippen LogP contribution is -2.66. The van der Waals surface area contributed by atoms with Gasteiger partial charge in [0.15, 0.2) is 0 Å². The Morgan fingerprint density at radius 1 is 1.15 bits per heavy atom. The molecule has 3 fully saturated rings. The first-order valence-electron chi connectivity index (χ1n) is 15.5. The lowest BCUT2D eigenvalue weighted by Gasteiger charge is -2.57. The number of hydrogen-bond acceptors (Lipinski definition) is 6. The van der Waals surface area contributed by atoms with Crippen molar-refractivity contribution in [1.82, 2.24) is 15.1 Å². The van der Waals surface area contributed by atoms with Gasteiger partial charge in [-0.1, -0.05) is 31.5 Å². The summed E-state index contributed by atoms with van der Waals surface area (Å²) in [5.41, 5.74) is 3.71. The Balaban J connectivity index is 1.28. The van der Waals surface area contributed by atoms with E-state index in [1.807, 2.05) is 12.1 Å². The monoisotopic (exact) mass is 550 g/mol. The summed E-state index contributed by atoms with van der Waals surface area (Å²) in [6.07, 6.45) is 7.26. The Bertz CT molecular complexity index is 1150. The van der Waals surface area contributed by atoms with E-state index in [0.717, 1.165) is 69.1 Å². The van der Waals surface area contributed by atoms with E-state index >= 15 is 0 Å². The van der Waals surface area contributed by atoms with Gasteiger partial charge >= 0.3 is 0 Å². The number of aliphatic hydroxyl groups is 1. The summed E-state index contributed by atoms with van der Waals surface area (Å²) in [6, 6.07) is 14.3. The van der Waals surface area contributed by atoms with E-state index in [9.17, 15) is 9.50 Å². The second kappa shape index (κ2) is 12.0. The first-order valence-corrected chi connectivity index (χ1v) is 15.5. The number of nitrogens with one attached hydrogen (secondary N) is 2. The zero-order chi connectivity index (χ0) is 27.7. The van der Waals surface area contributed by atoms with Crippen molar-refractivity contribution in [2.45, 2.75) is 76.0 Å².